The molecule has 0 fully saturated rings. The van der Waals surface area contributed by atoms with E-state index in [1.54, 1.807) is 0 Å². The molecular weight excluding hydrogens is 248 g/mol. The van der Waals surface area contributed by atoms with Crippen LogP contribution in [0.15, 0.2) is 23.3 Å². The van der Waals surface area contributed by atoms with Gasteiger partial charge in [0.15, 0.2) is 0 Å². The fraction of sp³-hybridized carbons (Fsp3) is 0.308. The van der Waals surface area contributed by atoms with Crippen molar-refractivity contribution in [2.45, 2.75) is 26.9 Å². The van der Waals surface area contributed by atoms with Crippen LogP contribution in [0.1, 0.15) is 20.8 Å². The molecule has 0 saturated carbocycles. The zero-order chi connectivity index (χ0) is 14.0. The molecule has 0 unspecified atom stereocenters. The zero-order valence-corrected chi connectivity index (χ0v) is 10.9. The maximum atomic E-state index is 11.8. The lowest BCUT2D eigenvalue weighted by molar-refractivity contribution is -0.131. The van der Waals surface area contributed by atoms with Crippen molar-refractivity contribution in [3.05, 3.63) is 28.8 Å². The van der Waals surface area contributed by atoms with E-state index in [0.717, 1.165) is 0 Å². The molecule has 6 nitrogen and oxygen atoms in total. The molecule has 1 aromatic carbocycles. The Labute approximate surface area is 109 Å². The summed E-state index contributed by atoms with van der Waals surface area (Å²) < 4.78 is 10.6. The van der Waals surface area contributed by atoms with Crippen molar-refractivity contribution in [1.29, 1.82) is 0 Å². The van der Waals surface area contributed by atoms with Gasteiger partial charge < -0.3 is 14.5 Å². The number of fused-ring (bicyclic) bond motifs is 1. The Kier molecular flexibility index (Phi) is 3.50. The van der Waals surface area contributed by atoms with E-state index in [9.17, 15) is 9.59 Å². The number of nitrogens with one attached hydrogen (secondary N) is 1. The number of aromatic amines is 1. The van der Waals surface area contributed by atoms with E-state index in [2.05, 4.69) is 9.97 Å². The van der Waals surface area contributed by atoms with Gasteiger partial charge in [-0.05, 0) is 13.8 Å². The van der Waals surface area contributed by atoms with E-state index in [0.29, 0.717) is 22.4 Å². The summed E-state index contributed by atoms with van der Waals surface area (Å²) in [5, 5.41) is 0.340. The monoisotopic (exact) mass is 262 g/mol. The topological polar surface area (TPSA) is 81.3 Å². The van der Waals surface area contributed by atoms with Gasteiger partial charge in [-0.1, -0.05) is 0 Å². The summed E-state index contributed by atoms with van der Waals surface area (Å²) in [4.78, 5) is 29.4. The number of ether oxygens (including phenoxy) is 2. The fourth-order valence-corrected chi connectivity index (χ4v) is 1.71. The molecule has 2 rings (SSSR count). The van der Waals surface area contributed by atoms with Gasteiger partial charge in [-0.3, -0.25) is 9.59 Å². The van der Waals surface area contributed by atoms with E-state index < -0.39 is 5.97 Å². The highest BCUT2D eigenvalue weighted by Gasteiger charge is 2.13. The molecule has 19 heavy (non-hydrogen) atoms. The first kappa shape index (κ1) is 13.1. The number of rotatable bonds is 3. The van der Waals surface area contributed by atoms with Crippen molar-refractivity contribution in [3.63, 3.8) is 0 Å². The molecule has 6 heteroatoms. The lowest BCUT2D eigenvalue weighted by Crippen LogP contribution is -2.12. The SMILES string of the molecule is CC(=O)Oc1cc(OC(C)C)c2c(=O)[nH]cnc2c1. The summed E-state index contributed by atoms with van der Waals surface area (Å²) in [6.45, 7) is 4.99. The Morgan fingerprint density at radius 1 is 1.37 bits per heavy atom. The average Bonchev–Trinajstić information content (AvgIpc) is 2.26. The number of H-pyrrole nitrogens is 1. The Bertz CT molecular complexity index is 676. The Morgan fingerprint density at radius 3 is 2.74 bits per heavy atom. The summed E-state index contributed by atoms with van der Waals surface area (Å²) in [7, 11) is 0. The van der Waals surface area contributed by atoms with Crippen LogP contribution < -0.4 is 15.0 Å². The zero-order valence-electron chi connectivity index (χ0n) is 10.9. The van der Waals surface area contributed by atoms with E-state index in [1.165, 1.54) is 25.4 Å². The lowest BCUT2D eigenvalue weighted by Gasteiger charge is -2.13. The van der Waals surface area contributed by atoms with Crippen LogP contribution in [0.3, 0.4) is 0 Å². The molecule has 0 aliphatic rings. The second-order valence-electron chi connectivity index (χ2n) is 4.31. The van der Waals surface area contributed by atoms with Gasteiger partial charge >= 0.3 is 5.97 Å². The third kappa shape index (κ3) is 2.90. The summed E-state index contributed by atoms with van der Waals surface area (Å²) in [6, 6.07) is 3.04. The second kappa shape index (κ2) is 5.09. The standard InChI is InChI=1S/C13H14N2O4/c1-7(2)18-11-5-9(19-8(3)16)4-10-12(11)13(17)15-6-14-10/h4-7H,1-3H3,(H,14,15,17). The van der Waals surface area contributed by atoms with E-state index >= 15 is 0 Å². The molecule has 1 heterocycles. The molecule has 100 valence electrons. The minimum absolute atomic E-state index is 0.115. The minimum Gasteiger partial charge on any atom is -0.490 e. The fourth-order valence-electron chi connectivity index (χ4n) is 1.71. The van der Waals surface area contributed by atoms with Gasteiger partial charge in [-0.25, -0.2) is 4.98 Å². The van der Waals surface area contributed by atoms with Gasteiger partial charge in [0.05, 0.1) is 17.9 Å². The van der Waals surface area contributed by atoms with Crippen LogP contribution in [0.5, 0.6) is 11.5 Å². The molecule has 1 N–H and O–H groups in total. The molecule has 0 amide bonds. The molecular formula is C13H14N2O4. The third-order valence-electron chi connectivity index (χ3n) is 2.31. The van der Waals surface area contributed by atoms with Crippen LogP contribution in [0.25, 0.3) is 10.9 Å². The largest absolute Gasteiger partial charge is 0.490 e. The normalized spacial score (nSPS) is 10.7. The van der Waals surface area contributed by atoms with E-state index in [-0.39, 0.29) is 11.7 Å². The number of benzene rings is 1. The lowest BCUT2D eigenvalue weighted by atomic mass is 10.2. The molecule has 0 bridgehead atoms. The highest BCUT2D eigenvalue weighted by molar-refractivity contribution is 5.86. The maximum absolute atomic E-state index is 11.8. The van der Waals surface area contributed by atoms with Crippen molar-refractivity contribution in [2.24, 2.45) is 0 Å². The molecule has 0 aliphatic carbocycles. The Morgan fingerprint density at radius 2 is 2.11 bits per heavy atom. The predicted molar refractivity (Wildman–Crippen MR) is 69.4 cm³/mol. The minimum atomic E-state index is -0.445. The number of hydrogen-bond donors (Lipinski definition) is 1. The molecule has 0 radical (unpaired) electrons. The Hall–Kier alpha value is -2.37. The summed E-state index contributed by atoms with van der Waals surface area (Å²) in [5.41, 5.74) is 0.119. The molecule has 0 saturated heterocycles. The first-order valence-corrected chi connectivity index (χ1v) is 5.84. The molecule has 1 aromatic heterocycles. The molecule has 2 aromatic rings. The van der Waals surface area contributed by atoms with Crippen molar-refractivity contribution in [2.75, 3.05) is 0 Å². The van der Waals surface area contributed by atoms with Crippen LogP contribution in [0.4, 0.5) is 0 Å². The summed E-state index contributed by atoms with van der Waals surface area (Å²) >= 11 is 0. The van der Waals surface area contributed by atoms with Crippen molar-refractivity contribution < 1.29 is 14.3 Å². The molecule has 0 spiro atoms. The maximum Gasteiger partial charge on any atom is 0.308 e. The smallest absolute Gasteiger partial charge is 0.308 e. The summed E-state index contributed by atoms with van der Waals surface area (Å²) in [6.07, 6.45) is 1.18. The highest BCUT2D eigenvalue weighted by atomic mass is 16.5. The van der Waals surface area contributed by atoms with E-state index in [1.807, 2.05) is 13.8 Å². The van der Waals surface area contributed by atoms with Gasteiger partial charge in [0.2, 0.25) is 0 Å². The van der Waals surface area contributed by atoms with Gasteiger partial charge in [0.1, 0.15) is 16.9 Å². The predicted octanol–water partition coefficient (Wildman–Crippen LogP) is 1.64. The number of carbonyl (C=O) groups is 1. The van der Waals surface area contributed by atoms with Crippen LogP contribution in [0, 0.1) is 0 Å². The number of aromatic nitrogens is 2. The van der Waals surface area contributed by atoms with Crippen LogP contribution in [-0.4, -0.2) is 22.0 Å². The number of esters is 1. The first-order chi connectivity index (χ1) is 8.97. The van der Waals surface area contributed by atoms with Crippen LogP contribution in [-0.2, 0) is 4.79 Å². The highest BCUT2D eigenvalue weighted by Crippen LogP contribution is 2.28. The van der Waals surface area contributed by atoms with Crippen molar-refractivity contribution in [1.82, 2.24) is 9.97 Å². The van der Waals surface area contributed by atoms with Gasteiger partial charge in [-0.2, -0.15) is 0 Å². The van der Waals surface area contributed by atoms with Gasteiger partial charge in [0.25, 0.3) is 5.56 Å². The van der Waals surface area contributed by atoms with Gasteiger partial charge in [-0.15, -0.1) is 0 Å². The second-order valence-corrected chi connectivity index (χ2v) is 4.31. The third-order valence-corrected chi connectivity index (χ3v) is 2.31. The van der Waals surface area contributed by atoms with Crippen LogP contribution in [0.2, 0.25) is 0 Å². The average molecular weight is 262 g/mol. The summed E-state index contributed by atoms with van der Waals surface area (Å²) in [5.74, 6) is 0.200. The van der Waals surface area contributed by atoms with E-state index in [4.69, 9.17) is 9.47 Å². The van der Waals surface area contributed by atoms with Crippen molar-refractivity contribution >= 4 is 16.9 Å². The first-order valence-electron chi connectivity index (χ1n) is 5.84. The molecule has 0 aliphatic heterocycles. The van der Waals surface area contributed by atoms with Crippen LogP contribution >= 0.6 is 0 Å². The number of hydrogen-bond acceptors (Lipinski definition) is 5. The van der Waals surface area contributed by atoms with Crippen molar-refractivity contribution in [3.8, 4) is 11.5 Å². The number of nitrogens with zero attached hydrogens (tertiary/aromatic N) is 1. The quantitative estimate of drug-likeness (QED) is 0.671. The number of carbonyl (C=O) groups excluding carboxylic acids is 1. The molecule has 0 atom stereocenters. The Balaban J connectivity index is 2.65. The van der Waals surface area contributed by atoms with Gasteiger partial charge in [0, 0.05) is 19.1 Å².